The predicted molar refractivity (Wildman–Crippen MR) is 190 cm³/mol. The summed E-state index contributed by atoms with van der Waals surface area (Å²) in [6.45, 7) is 10.6. The Hall–Kier alpha value is -4.54. The van der Waals surface area contributed by atoms with Gasteiger partial charge in [-0.15, -0.1) is 0 Å². The Morgan fingerprint density at radius 1 is 0.500 bits per heavy atom. The summed E-state index contributed by atoms with van der Waals surface area (Å²) >= 11 is 0. The van der Waals surface area contributed by atoms with E-state index in [1.165, 1.54) is 21.6 Å². The zero-order chi connectivity index (χ0) is 34.9. The molecule has 10 heteroatoms. The van der Waals surface area contributed by atoms with Crippen molar-refractivity contribution in [2.24, 2.45) is 0 Å². The number of hydrogen-bond acceptors (Lipinski definition) is 8. The second kappa shape index (κ2) is 16.0. The van der Waals surface area contributed by atoms with E-state index in [2.05, 4.69) is 10.6 Å². The van der Waals surface area contributed by atoms with Crippen LogP contribution in [0.4, 0.5) is 0 Å². The summed E-state index contributed by atoms with van der Waals surface area (Å²) in [5, 5.41) is 5.72. The molecule has 2 N–H and O–H groups in total. The summed E-state index contributed by atoms with van der Waals surface area (Å²) in [7, 11) is 2.60. The maximum atomic E-state index is 13.7. The van der Waals surface area contributed by atoms with Crippen LogP contribution in [0.15, 0.2) is 119 Å². The largest absolute Gasteiger partial charge is 0.458 e. The Labute approximate surface area is 289 Å². The van der Waals surface area contributed by atoms with Crippen LogP contribution in [0.5, 0.6) is 0 Å². The monoisotopic (exact) mass is 684 g/mol. The second-order valence-corrected chi connectivity index (χ2v) is 15.1. The molecular formula is C38H40N2O6S2. The lowest BCUT2D eigenvalue weighted by Crippen LogP contribution is -2.38. The van der Waals surface area contributed by atoms with Gasteiger partial charge in [-0.05, 0) is 76.9 Å². The Morgan fingerprint density at radius 2 is 0.812 bits per heavy atom. The fourth-order valence-electron chi connectivity index (χ4n) is 4.53. The fourth-order valence-corrected chi connectivity index (χ4v) is 6.89. The van der Waals surface area contributed by atoms with Gasteiger partial charge in [0.05, 0.1) is 11.1 Å². The second-order valence-electron chi connectivity index (χ2n) is 12.9. The number of amides is 2. The quantitative estimate of drug-likeness (QED) is 0.120. The van der Waals surface area contributed by atoms with Gasteiger partial charge in [-0.1, -0.05) is 107 Å². The zero-order valence-electron chi connectivity index (χ0n) is 27.8. The zero-order valence-corrected chi connectivity index (χ0v) is 29.4. The molecule has 0 aromatic heterocycles. The van der Waals surface area contributed by atoms with E-state index in [1.54, 1.807) is 126 Å². The summed E-state index contributed by atoms with van der Waals surface area (Å²) in [5.41, 5.74) is 0.422. The number of nitrogens with one attached hydrogen (secondary N) is 2. The van der Waals surface area contributed by atoms with Gasteiger partial charge in [0.2, 0.25) is 0 Å². The molecule has 0 fully saturated rings. The minimum atomic E-state index is -1.02. The molecule has 0 spiro atoms. The first kappa shape index (κ1) is 36.3. The molecule has 2 atom stereocenters. The molecular weight excluding hydrogens is 645 g/mol. The molecule has 8 nitrogen and oxygen atoms in total. The third-order valence-electron chi connectivity index (χ3n) is 6.59. The summed E-state index contributed by atoms with van der Waals surface area (Å²) < 4.78 is 11.3. The van der Waals surface area contributed by atoms with Gasteiger partial charge >= 0.3 is 11.9 Å². The van der Waals surface area contributed by atoms with Crippen molar-refractivity contribution in [3.63, 3.8) is 0 Å². The van der Waals surface area contributed by atoms with Crippen molar-refractivity contribution in [2.45, 2.75) is 74.6 Å². The summed E-state index contributed by atoms with van der Waals surface area (Å²) in [5.74, 6) is -2.04. The Bertz CT molecular complexity index is 1600. The van der Waals surface area contributed by atoms with Crippen LogP contribution in [0.3, 0.4) is 0 Å². The Morgan fingerprint density at radius 3 is 1.15 bits per heavy atom. The molecule has 4 rings (SSSR count). The molecule has 0 aliphatic carbocycles. The fraction of sp³-hybridized carbons (Fsp3) is 0.263. The molecule has 48 heavy (non-hydrogen) atoms. The first-order valence-electron chi connectivity index (χ1n) is 15.4. The summed E-state index contributed by atoms with van der Waals surface area (Å²) in [6.07, 6.45) is 0. The highest BCUT2D eigenvalue weighted by molar-refractivity contribution is 8.76. The van der Waals surface area contributed by atoms with Crippen molar-refractivity contribution in [2.75, 3.05) is 0 Å². The van der Waals surface area contributed by atoms with Gasteiger partial charge in [0, 0.05) is 9.79 Å². The van der Waals surface area contributed by atoms with E-state index in [9.17, 15) is 19.2 Å². The lowest BCUT2D eigenvalue weighted by molar-refractivity contribution is -0.158. The van der Waals surface area contributed by atoms with Gasteiger partial charge in [-0.3, -0.25) is 9.59 Å². The molecule has 0 aliphatic rings. The van der Waals surface area contributed by atoms with E-state index in [0.29, 0.717) is 32.0 Å². The van der Waals surface area contributed by atoms with Gasteiger partial charge < -0.3 is 20.1 Å². The molecule has 4 aromatic rings. The van der Waals surface area contributed by atoms with Gasteiger partial charge in [0.1, 0.15) is 11.2 Å². The van der Waals surface area contributed by atoms with E-state index in [1.807, 2.05) is 24.3 Å². The van der Waals surface area contributed by atoms with Crippen LogP contribution in [-0.2, 0) is 19.1 Å². The normalized spacial score (nSPS) is 12.7. The van der Waals surface area contributed by atoms with Gasteiger partial charge in [0.15, 0.2) is 12.1 Å². The van der Waals surface area contributed by atoms with Crippen molar-refractivity contribution in [1.29, 1.82) is 0 Å². The van der Waals surface area contributed by atoms with Crippen LogP contribution in [0.2, 0.25) is 0 Å². The number of carbonyl (C=O) groups is 4. The minimum absolute atomic E-state index is 0.357. The Kier molecular flexibility index (Phi) is 12.1. The van der Waals surface area contributed by atoms with Crippen molar-refractivity contribution >= 4 is 45.3 Å². The van der Waals surface area contributed by atoms with Crippen LogP contribution in [0, 0.1) is 0 Å². The molecule has 250 valence electrons. The van der Waals surface area contributed by atoms with E-state index in [-0.39, 0.29) is 0 Å². The third-order valence-corrected chi connectivity index (χ3v) is 9.07. The van der Waals surface area contributed by atoms with Crippen molar-refractivity contribution < 1.29 is 28.7 Å². The third kappa shape index (κ3) is 10.5. The number of esters is 2. The first-order chi connectivity index (χ1) is 22.7. The number of carbonyl (C=O) groups excluding carboxylic acids is 4. The van der Waals surface area contributed by atoms with Crippen LogP contribution >= 0.6 is 21.6 Å². The molecule has 0 bridgehead atoms. The number of benzene rings is 4. The number of ether oxygens (including phenoxy) is 2. The summed E-state index contributed by atoms with van der Waals surface area (Å²) in [4.78, 5) is 55.0. The first-order valence-corrected chi connectivity index (χ1v) is 17.6. The maximum Gasteiger partial charge on any atom is 0.333 e. The maximum absolute atomic E-state index is 13.7. The highest BCUT2D eigenvalue weighted by Crippen LogP contribution is 2.41. The summed E-state index contributed by atoms with van der Waals surface area (Å²) in [6, 6.07) is 29.9. The number of hydrogen-bond donors (Lipinski definition) is 2. The average Bonchev–Trinajstić information content (AvgIpc) is 3.04. The van der Waals surface area contributed by atoms with Crippen molar-refractivity contribution in [1.82, 2.24) is 10.6 Å². The van der Waals surface area contributed by atoms with E-state index >= 15 is 0 Å². The molecule has 0 saturated heterocycles. The topological polar surface area (TPSA) is 111 Å². The van der Waals surface area contributed by atoms with Crippen LogP contribution in [0.1, 0.15) is 85.5 Å². The molecule has 2 amide bonds. The smallest absolute Gasteiger partial charge is 0.333 e. The van der Waals surface area contributed by atoms with Gasteiger partial charge in [-0.2, -0.15) is 0 Å². The van der Waals surface area contributed by atoms with Crippen molar-refractivity contribution in [3.8, 4) is 0 Å². The molecule has 0 aliphatic heterocycles. The van der Waals surface area contributed by atoms with E-state index < -0.39 is 47.0 Å². The Balaban J connectivity index is 1.54. The predicted octanol–water partition coefficient (Wildman–Crippen LogP) is 8.11. The highest BCUT2D eigenvalue weighted by Gasteiger charge is 2.31. The SMILES string of the molecule is CC(C)(C)OC(=O)C(NC(=O)c1ccccc1SSc1ccccc1C(=O)NC(C(=O)OC(C)(C)C)c1ccccc1)c1ccccc1. The van der Waals surface area contributed by atoms with E-state index in [0.717, 1.165) is 0 Å². The molecule has 0 radical (unpaired) electrons. The van der Waals surface area contributed by atoms with Crippen LogP contribution < -0.4 is 10.6 Å². The highest BCUT2D eigenvalue weighted by atomic mass is 33.1. The van der Waals surface area contributed by atoms with Crippen LogP contribution in [0.25, 0.3) is 0 Å². The standard InChI is InChI=1S/C38H40N2O6S2/c1-37(2,3)45-35(43)31(25-17-9-7-10-18-25)39-33(41)27-21-13-15-23-29(27)47-48-30-24-16-14-22-28(30)34(42)40-32(26-19-11-8-12-20-26)36(44)46-38(4,5)6/h7-24,31-32H,1-6H3,(H,39,41)(H,40,42). The lowest BCUT2D eigenvalue weighted by Gasteiger charge is -2.25. The minimum Gasteiger partial charge on any atom is -0.458 e. The molecule has 4 aromatic carbocycles. The van der Waals surface area contributed by atoms with Gasteiger partial charge in [0.25, 0.3) is 11.8 Å². The molecule has 0 saturated carbocycles. The van der Waals surface area contributed by atoms with Crippen LogP contribution in [-0.4, -0.2) is 35.0 Å². The average molecular weight is 685 g/mol. The van der Waals surface area contributed by atoms with Gasteiger partial charge in [-0.25, -0.2) is 9.59 Å². The lowest BCUT2D eigenvalue weighted by atomic mass is 10.1. The molecule has 2 unspecified atom stereocenters. The molecule has 0 heterocycles. The van der Waals surface area contributed by atoms with E-state index in [4.69, 9.17) is 9.47 Å². The number of rotatable bonds is 11. The van der Waals surface area contributed by atoms with Crippen molar-refractivity contribution in [3.05, 3.63) is 131 Å².